The highest BCUT2D eigenvalue weighted by Crippen LogP contribution is 2.39. The molecule has 0 heterocycles. The average Bonchev–Trinajstić information content (AvgIpc) is 2.34. The maximum absolute atomic E-state index is 10.7. The fourth-order valence-electron chi connectivity index (χ4n) is 3.06. The quantitative estimate of drug-likeness (QED) is 0.840. The van der Waals surface area contributed by atoms with Crippen molar-refractivity contribution in [1.29, 1.82) is 0 Å². The number of aliphatic hydroxyl groups is 1. The summed E-state index contributed by atoms with van der Waals surface area (Å²) in [5.74, 6) is 1.22. The molecule has 0 aromatic heterocycles. The molecule has 3 atom stereocenters. The van der Waals surface area contributed by atoms with Crippen LogP contribution in [0.5, 0.6) is 0 Å². The van der Waals surface area contributed by atoms with Crippen molar-refractivity contribution in [2.45, 2.75) is 51.6 Å². The van der Waals surface area contributed by atoms with Crippen LogP contribution in [0.4, 0.5) is 0 Å². The summed E-state index contributed by atoms with van der Waals surface area (Å²) in [6.07, 6.45) is 5.23. The fourth-order valence-corrected chi connectivity index (χ4v) is 3.06. The number of rotatable bonds is 3. The van der Waals surface area contributed by atoms with E-state index in [4.69, 9.17) is 0 Å². The van der Waals surface area contributed by atoms with Gasteiger partial charge >= 0.3 is 0 Å². The van der Waals surface area contributed by atoms with Gasteiger partial charge in [-0.15, -0.1) is 0 Å². The second-order valence-electron chi connectivity index (χ2n) is 5.87. The summed E-state index contributed by atoms with van der Waals surface area (Å²) in [5, 5.41) is 10.7. The predicted octanol–water partition coefficient (Wildman–Crippen LogP) is 3.81. The van der Waals surface area contributed by atoms with Crippen LogP contribution in [-0.4, -0.2) is 10.7 Å². The molecular formula is C16H24O. The second-order valence-corrected chi connectivity index (χ2v) is 5.87. The van der Waals surface area contributed by atoms with Gasteiger partial charge in [-0.05, 0) is 49.5 Å². The van der Waals surface area contributed by atoms with Gasteiger partial charge in [0.25, 0.3) is 0 Å². The SMILES string of the molecule is CC1CCC(O)(CCc2ccccc2)C(C)C1. The largest absolute Gasteiger partial charge is 0.390 e. The molecule has 94 valence electrons. The van der Waals surface area contributed by atoms with E-state index >= 15 is 0 Å². The van der Waals surface area contributed by atoms with E-state index < -0.39 is 5.60 Å². The van der Waals surface area contributed by atoms with Gasteiger partial charge < -0.3 is 5.11 Å². The van der Waals surface area contributed by atoms with Gasteiger partial charge in [-0.1, -0.05) is 44.2 Å². The van der Waals surface area contributed by atoms with Gasteiger partial charge in [0.1, 0.15) is 0 Å². The lowest BCUT2D eigenvalue weighted by Crippen LogP contribution is -2.41. The van der Waals surface area contributed by atoms with Crippen LogP contribution in [0.1, 0.15) is 45.1 Å². The highest BCUT2D eigenvalue weighted by Gasteiger charge is 2.37. The molecule has 3 unspecified atom stereocenters. The maximum atomic E-state index is 10.7. The van der Waals surface area contributed by atoms with Crippen molar-refractivity contribution in [3.8, 4) is 0 Å². The molecule has 0 bridgehead atoms. The molecule has 1 nitrogen and oxygen atoms in total. The van der Waals surface area contributed by atoms with E-state index in [1.54, 1.807) is 0 Å². The Morgan fingerprint density at radius 1 is 1.24 bits per heavy atom. The zero-order valence-electron chi connectivity index (χ0n) is 11.0. The molecule has 0 aliphatic heterocycles. The first kappa shape index (κ1) is 12.6. The van der Waals surface area contributed by atoms with Gasteiger partial charge in [-0.25, -0.2) is 0 Å². The second kappa shape index (κ2) is 5.22. The zero-order valence-corrected chi connectivity index (χ0v) is 11.0. The topological polar surface area (TPSA) is 20.2 Å². The molecule has 1 aliphatic rings. The number of aryl methyl sites for hydroxylation is 1. The van der Waals surface area contributed by atoms with Gasteiger partial charge in [-0.3, -0.25) is 0 Å². The first-order valence-electron chi connectivity index (χ1n) is 6.86. The lowest BCUT2D eigenvalue weighted by atomic mass is 9.70. The van der Waals surface area contributed by atoms with E-state index in [0.717, 1.165) is 25.2 Å². The molecule has 0 radical (unpaired) electrons. The Kier molecular flexibility index (Phi) is 3.88. The van der Waals surface area contributed by atoms with Crippen molar-refractivity contribution >= 4 is 0 Å². The van der Waals surface area contributed by atoms with Crippen molar-refractivity contribution in [3.63, 3.8) is 0 Å². The Bertz CT molecular complexity index is 346. The van der Waals surface area contributed by atoms with Crippen LogP contribution in [0.3, 0.4) is 0 Å². The molecular weight excluding hydrogens is 208 g/mol. The molecule has 1 saturated carbocycles. The van der Waals surface area contributed by atoms with Gasteiger partial charge in [0.2, 0.25) is 0 Å². The van der Waals surface area contributed by atoms with Crippen LogP contribution in [0.15, 0.2) is 30.3 Å². The van der Waals surface area contributed by atoms with Gasteiger partial charge in [-0.2, -0.15) is 0 Å². The zero-order chi connectivity index (χ0) is 12.3. The van der Waals surface area contributed by atoms with E-state index in [1.807, 2.05) is 6.07 Å². The van der Waals surface area contributed by atoms with E-state index in [1.165, 1.54) is 18.4 Å². The molecule has 1 aromatic carbocycles. The third-order valence-electron chi connectivity index (χ3n) is 4.43. The van der Waals surface area contributed by atoms with Crippen LogP contribution < -0.4 is 0 Å². The summed E-state index contributed by atoms with van der Waals surface area (Å²) < 4.78 is 0. The highest BCUT2D eigenvalue weighted by atomic mass is 16.3. The molecule has 0 spiro atoms. The minimum atomic E-state index is -0.428. The third kappa shape index (κ3) is 3.10. The Balaban J connectivity index is 1.94. The Morgan fingerprint density at radius 2 is 1.94 bits per heavy atom. The van der Waals surface area contributed by atoms with Crippen LogP contribution in [0, 0.1) is 11.8 Å². The molecule has 2 rings (SSSR count). The van der Waals surface area contributed by atoms with E-state index in [2.05, 4.69) is 38.1 Å². The number of benzene rings is 1. The first-order valence-corrected chi connectivity index (χ1v) is 6.86. The van der Waals surface area contributed by atoms with Crippen molar-refractivity contribution in [2.75, 3.05) is 0 Å². The summed E-state index contributed by atoms with van der Waals surface area (Å²) in [7, 11) is 0. The Labute approximate surface area is 105 Å². The smallest absolute Gasteiger partial charge is 0.0676 e. The lowest BCUT2D eigenvalue weighted by molar-refractivity contribution is -0.0588. The van der Waals surface area contributed by atoms with E-state index in [0.29, 0.717) is 5.92 Å². The molecule has 1 aromatic rings. The maximum Gasteiger partial charge on any atom is 0.0676 e. The molecule has 1 aliphatic carbocycles. The standard InChI is InChI=1S/C16H24O/c1-13-8-10-16(17,14(2)12-13)11-9-15-6-4-3-5-7-15/h3-7,13-14,17H,8-12H2,1-2H3. The molecule has 0 amide bonds. The highest BCUT2D eigenvalue weighted by molar-refractivity contribution is 5.15. The number of hydrogen-bond donors (Lipinski definition) is 1. The van der Waals surface area contributed by atoms with Crippen molar-refractivity contribution in [3.05, 3.63) is 35.9 Å². The Morgan fingerprint density at radius 3 is 2.59 bits per heavy atom. The summed E-state index contributed by atoms with van der Waals surface area (Å²) in [5.41, 5.74) is 0.911. The first-order chi connectivity index (χ1) is 8.10. The monoisotopic (exact) mass is 232 g/mol. The van der Waals surface area contributed by atoms with Crippen molar-refractivity contribution < 1.29 is 5.11 Å². The molecule has 1 N–H and O–H groups in total. The van der Waals surface area contributed by atoms with Gasteiger partial charge in [0, 0.05) is 0 Å². The van der Waals surface area contributed by atoms with E-state index in [9.17, 15) is 5.11 Å². The minimum Gasteiger partial charge on any atom is -0.390 e. The Hall–Kier alpha value is -0.820. The molecule has 17 heavy (non-hydrogen) atoms. The number of hydrogen-bond acceptors (Lipinski definition) is 1. The summed E-state index contributed by atoms with van der Waals surface area (Å²) in [6, 6.07) is 10.5. The summed E-state index contributed by atoms with van der Waals surface area (Å²) in [4.78, 5) is 0. The third-order valence-corrected chi connectivity index (χ3v) is 4.43. The van der Waals surface area contributed by atoms with Crippen LogP contribution >= 0.6 is 0 Å². The summed E-state index contributed by atoms with van der Waals surface area (Å²) in [6.45, 7) is 4.51. The summed E-state index contributed by atoms with van der Waals surface area (Å²) >= 11 is 0. The van der Waals surface area contributed by atoms with Crippen LogP contribution in [0.25, 0.3) is 0 Å². The average molecular weight is 232 g/mol. The van der Waals surface area contributed by atoms with Crippen molar-refractivity contribution in [1.82, 2.24) is 0 Å². The van der Waals surface area contributed by atoms with Gasteiger partial charge in [0.15, 0.2) is 0 Å². The van der Waals surface area contributed by atoms with Crippen LogP contribution in [0.2, 0.25) is 0 Å². The molecule has 1 fully saturated rings. The van der Waals surface area contributed by atoms with Gasteiger partial charge in [0.05, 0.1) is 5.60 Å². The molecule has 0 saturated heterocycles. The van der Waals surface area contributed by atoms with Crippen molar-refractivity contribution in [2.24, 2.45) is 11.8 Å². The fraction of sp³-hybridized carbons (Fsp3) is 0.625. The predicted molar refractivity (Wildman–Crippen MR) is 71.9 cm³/mol. The normalized spacial score (nSPS) is 33.6. The minimum absolute atomic E-state index is 0.428. The lowest BCUT2D eigenvalue weighted by Gasteiger charge is -2.41. The van der Waals surface area contributed by atoms with E-state index in [-0.39, 0.29) is 0 Å². The van der Waals surface area contributed by atoms with Crippen LogP contribution in [-0.2, 0) is 6.42 Å². The molecule has 1 heteroatoms.